The second-order valence-electron chi connectivity index (χ2n) is 5.55. The van der Waals surface area contributed by atoms with Crippen molar-refractivity contribution >= 4 is 27.3 Å². The van der Waals surface area contributed by atoms with E-state index in [0.717, 1.165) is 31.4 Å². The molecule has 0 saturated heterocycles. The SMILES string of the molecule is CC(=O)Nc1ccc(S(=O)(=O)NN=C2CCCCC2C)cc1. The zero-order chi connectivity index (χ0) is 16.2. The smallest absolute Gasteiger partial charge is 0.276 e. The standard InChI is InChI=1S/C15H21N3O3S/c1-11-5-3-4-6-15(11)17-18-22(20,21)14-9-7-13(8-10-14)16-12(2)19/h7-11,18H,3-6H2,1-2H3,(H,16,19). The van der Waals surface area contributed by atoms with Crippen LogP contribution in [0.1, 0.15) is 39.5 Å². The molecule has 1 aromatic carbocycles. The van der Waals surface area contributed by atoms with Crippen LogP contribution in [0, 0.1) is 5.92 Å². The normalized spacial score (nSPS) is 20.6. The zero-order valence-electron chi connectivity index (χ0n) is 12.8. The highest BCUT2D eigenvalue weighted by molar-refractivity contribution is 7.89. The molecular formula is C15H21N3O3S. The summed E-state index contributed by atoms with van der Waals surface area (Å²) in [6.45, 7) is 3.46. The number of rotatable bonds is 4. The molecule has 0 radical (unpaired) electrons. The number of nitrogens with zero attached hydrogens (tertiary/aromatic N) is 1. The molecule has 2 rings (SSSR count). The number of nitrogens with one attached hydrogen (secondary N) is 2. The molecule has 1 atom stereocenters. The van der Waals surface area contributed by atoms with Crippen molar-refractivity contribution in [1.29, 1.82) is 0 Å². The van der Waals surface area contributed by atoms with E-state index < -0.39 is 10.0 Å². The monoisotopic (exact) mass is 323 g/mol. The van der Waals surface area contributed by atoms with Gasteiger partial charge in [0.1, 0.15) is 0 Å². The first-order valence-electron chi connectivity index (χ1n) is 7.34. The lowest BCUT2D eigenvalue weighted by Crippen LogP contribution is -2.24. The number of carbonyl (C=O) groups is 1. The van der Waals surface area contributed by atoms with Gasteiger partial charge < -0.3 is 5.32 Å². The Morgan fingerprint density at radius 2 is 1.91 bits per heavy atom. The molecule has 1 unspecified atom stereocenters. The van der Waals surface area contributed by atoms with Crippen LogP contribution >= 0.6 is 0 Å². The van der Waals surface area contributed by atoms with E-state index in [1.54, 1.807) is 12.1 Å². The summed E-state index contributed by atoms with van der Waals surface area (Å²) in [7, 11) is -3.68. The fourth-order valence-corrected chi connectivity index (χ4v) is 3.27. The van der Waals surface area contributed by atoms with E-state index >= 15 is 0 Å². The van der Waals surface area contributed by atoms with Crippen LogP contribution in [0.25, 0.3) is 0 Å². The second-order valence-corrected chi connectivity index (χ2v) is 7.21. The first-order valence-corrected chi connectivity index (χ1v) is 8.83. The minimum atomic E-state index is -3.68. The summed E-state index contributed by atoms with van der Waals surface area (Å²) >= 11 is 0. The molecule has 1 saturated carbocycles. The molecular weight excluding hydrogens is 302 g/mol. The lowest BCUT2D eigenvalue weighted by Gasteiger charge is -2.20. The van der Waals surface area contributed by atoms with Crippen molar-refractivity contribution in [3.8, 4) is 0 Å². The van der Waals surface area contributed by atoms with Gasteiger partial charge in [-0.25, -0.2) is 4.83 Å². The number of benzene rings is 1. The molecule has 0 heterocycles. The van der Waals surface area contributed by atoms with Crippen molar-refractivity contribution in [2.24, 2.45) is 11.0 Å². The molecule has 7 heteroatoms. The Hall–Kier alpha value is -1.89. The number of anilines is 1. The zero-order valence-corrected chi connectivity index (χ0v) is 13.6. The average molecular weight is 323 g/mol. The maximum atomic E-state index is 12.2. The van der Waals surface area contributed by atoms with Crippen LogP contribution < -0.4 is 10.1 Å². The summed E-state index contributed by atoms with van der Waals surface area (Å²) in [5, 5.41) is 6.68. The number of hydrazone groups is 1. The number of carbonyl (C=O) groups excluding carboxylic acids is 1. The lowest BCUT2D eigenvalue weighted by molar-refractivity contribution is -0.114. The Morgan fingerprint density at radius 3 is 2.50 bits per heavy atom. The largest absolute Gasteiger partial charge is 0.326 e. The minimum Gasteiger partial charge on any atom is -0.326 e. The molecule has 2 N–H and O–H groups in total. The van der Waals surface area contributed by atoms with Gasteiger partial charge in [0.25, 0.3) is 10.0 Å². The average Bonchev–Trinajstić information content (AvgIpc) is 2.46. The van der Waals surface area contributed by atoms with Gasteiger partial charge in [0.05, 0.1) is 4.90 Å². The molecule has 1 aliphatic rings. The number of hydrogen-bond donors (Lipinski definition) is 2. The van der Waals surface area contributed by atoms with Crippen LogP contribution in [0.4, 0.5) is 5.69 Å². The Kier molecular flexibility index (Phi) is 5.18. The highest BCUT2D eigenvalue weighted by Gasteiger charge is 2.18. The summed E-state index contributed by atoms with van der Waals surface area (Å²) in [4.78, 5) is 13.4. The van der Waals surface area contributed by atoms with E-state index in [2.05, 4.69) is 22.2 Å². The van der Waals surface area contributed by atoms with Crippen molar-refractivity contribution < 1.29 is 13.2 Å². The van der Waals surface area contributed by atoms with Crippen LogP contribution in [0.15, 0.2) is 34.3 Å². The fraction of sp³-hybridized carbons (Fsp3) is 0.467. The van der Waals surface area contributed by atoms with Crippen molar-refractivity contribution in [2.75, 3.05) is 5.32 Å². The molecule has 0 spiro atoms. The lowest BCUT2D eigenvalue weighted by atomic mass is 9.89. The van der Waals surface area contributed by atoms with Crippen molar-refractivity contribution in [3.63, 3.8) is 0 Å². The third-order valence-corrected chi connectivity index (χ3v) is 4.91. The van der Waals surface area contributed by atoms with Crippen LogP contribution in [0.2, 0.25) is 0 Å². The van der Waals surface area contributed by atoms with Gasteiger partial charge in [-0.1, -0.05) is 13.3 Å². The van der Waals surface area contributed by atoms with E-state index in [-0.39, 0.29) is 10.8 Å². The van der Waals surface area contributed by atoms with Crippen LogP contribution in [-0.4, -0.2) is 20.0 Å². The Balaban J connectivity index is 2.09. The van der Waals surface area contributed by atoms with Crippen molar-refractivity contribution in [1.82, 2.24) is 4.83 Å². The summed E-state index contributed by atoms with van der Waals surface area (Å²) in [6.07, 6.45) is 4.10. The van der Waals surface area contributed by atoms with Gasteiger partial charge in [-0.2, -0.15) is 13.5 Å². The highest BCUT2D eigenvalue weighted by Crippen LogP contribution is 2.21. The Labute approximate surface area is 131 Å². The summed E-state index contributed by atoms with van der Waals surface area (Å²) in [5.74, 6) is 0.116. The molecule has 1 fully saturated rings. The molecule has 22 heavy (non-hydrogen) atoms. The summed E-state index contributed by atoms with van der Waals surface area (Å²) < 4.78 is 24.4. The molecule has 1 amide bonds. The Bertz CT molecular complexity index is 666. The van der Waals surface area contributed by atoms with Crippen LogP contribution in [0.5, 0.6) is 0 Å². The van der Waals surface area contributed by atoms with Crippen LogP contribution in [0.3, 0.4) is 0 Å². The number of sulfonamides is 1. The molecule has 1 aromatic rings. The highest BCUT2D eigenvalue weighted by atomic mass is 32.2. The van der Waals surface area contributed by atoms with Gasteiger partial charge in [0, 0.05) is 18.3 Å². The molecule has 0 bridgehead atoms. The molecule has 0 aliphatic heterocycles. The quantitative estimate of drug-likeness (QED) is 0.834. The molecule has 1 aliphatic carbocycles. The van der Waals surface area contributed by atoms with E-state index in [9.17, 15) is 13.2 Å². The van der Waals surface area contributed by atoms with Gasteiger partial charge in [0.15, 0.2) is 0 Å². The number of hydrogen-bond acceptors (Lipinski definition) is 4. The maximum Gasteiger partial charge on any atom is 0.276 e. The van der Waals surface area contributed by atoms with Crippen LogP contribution in [-0.2, 0) is 14.8 Å². The van der Waals surface area contributed by atoms with Gasteiger partial charge in [-0.05, 0) is 49.4 Å². The van der Waals surface area contributed by atoms with E-state index in [4.69, 9.17) is 0 Å². The molecule has 120 valence electrons. The van der Waals surface area contributed by atoms with Gasteiger partial charge in [-0.3, -0.25) is 4.79 Å². The minimum absolute atomic E-state index is 0.120. The predicted molar refractivity (Wildman–Crippen MR) is 86.1 cm³/mol. The van der Waals surface area contributed by atoms with Gasteiger partial charge in [0.2, 0.25) is 5.91 Å². The third-order valence-electron chi connectivity index (χ3n) is 3.68. The first kappa shape index (κ1) is 16.5. The van der Waals surface area contributed by atoms with Crippen molar-refractivity contribution in [2.45, 2.75) is 44.4 Å². The van der Waals surface area contributed by atoms with E-state index in [1.807, 2.05) is 0 Å². The second kappa shape index (κ2) is 6.91. The van der Waals surface area contributed by atoms with Crippen molar-refractivity contribution in [3.05, 3.63) is 24.3 Å². The fourth-order valence-electron chi connectivity index (χ4n) is 2.43. The van der Waals surface area contributed by atoms with E-state index in [1.165, 1.54) is 19.1 Å². The Morgan fingerprint density at radius 1 is 1.23 bits per heavy atom. The third kappa shape index (κ3) is 4.30. The van der Waals surface area contributed by atoms with Gasteiger partial charge >= 0.3 is 0 Å². The maximum absolute atomic E-state index is 12.2. The summed E-state index contributed by atoms with van der Waals surface area (Å²) in [5.41, 5.74) is 1.46. The first-order chi connectivity index (χ1) is 10.4. The summed E-state index contributed by atoms with van der Waals surface area (Å²) in [6, 6.07) is 5.98. The van der Waals surface area contributed by atoms with E-state index in [0.29, 0.717) is 11.6 Å². The van der Waals surface area contributed by atoms with Gasteiger partial charge in [-0.15, -0.1) is 0 Å². The molecule has 6 nitrogen and oxygen atoms in total. The molecule has 0 aromatic heterocycles. The topological polar surface area (TPSA) is 87.6 Å². The number of amides is 1. The predicted octanol–water partition coefficient (Wildman–Crippen LogP) is 2.49.